The summed E-state index contributed by atoms with van der Waals surface area (Å²) in [5.74, 6) is -0.0737. The normalized spacial score (nSPS) is 20.3. The van der Waals surface area contributed by atoms with Gasteiger partial charge in [0, 0.05) is 25.7 Å². The Hall–Kier alpha value is -4.28. The van der Waals surface area contributed by atoms with Crippen LogP contribution in [-0.4, -0.2) is 57.6 Å². The van der Waals surface area contributed by atoms with Crippen LogP contribution in [0.25, 0.3) is 0 Å². The Bertz CT molecular complexity index is 1160. The van der Waals surface area contributed by atoms with E-state index < -0.39 is 29.1 Å². The number of nitro benzene ring substituents is 1. The number of hydrazone groups is 1. The Morgan fingerprint density at radius 2 is 1.85 bits per heavy atom. The lowest BCUT2D eigenvalue weighted by Gasteiger charge is -2.36. The fourth-order valence-electron chi connectivity index (χ4n) is 3.70. The highest BCUT2D eigenvalue weighted by atomic mass is 16.6. The Morgan fingerprint density at radius 3 is 2.48 bits per heavy atom. The van der Waals surface area contributed by atoms with Gasteiger partial charge < -0.3 is 9.80 Å². The molecule has 2 unspecified atom stereocenters. The van der Waals surface area contributed by atoms with Gasteiger partial charge in [-0.2, -0.15) is 5.10 Å². The molecule has 1 saturated heterocycles. The molecule has 11 nitrogen and oxygen atoms in total. The Balaban J connectivity index is 1.60. The van der Waals surface area contributed by atoms with Crippen LogP contribution in [0.4, 0.5) is 10.5 Å². The summed E-state index contributed by atoms with van der Waals surface area (Å²) in [6.07, 6.45) is -0.686. The molecule has 2 aliphatic heterocycles. The van der Waals surface area contributed by atoms with E-state index in [2.05, 4.69) is 20.8 Å². The number of rotatable bonds is 5. The number of benzene rings is 2. The highest BCUT2D eigenvalue weighted by molar-refractivity contribution is 6.04. The van der Waals surface area contributed by atoms with Gasteiger partial charge in [-0.1, -0.05) is 29.8 Å². The van der Waals surface area contributed by atoms with Crippen molar-refractivity contribution in [3.8, 4) is 0 Å². The lowest BCUT2D eigenvalue weighted by molar-refractivity contribution is -0.384. The van der Waals surface area contributed by atoms with Crippen LogP contribution < -0.4 is 10.7 Å². The maximum Gasteiger partial charge on any atom is 0.325 e. The zero-order valence-electron chi connectivity index (χ0n) is 18.3. The van der Waals surface area contributed by atoms with Crippen molar-refractivity contribution in [1.82, 2.24) is 20.5 Å². The number of carbonyl (C=O) groups is 2. The third kappa shape index (κ3) is 4.38. The number of nitrogens with zero attached hydrogens (tertiary/aromatic N) is 5. The fourth-order valence-corrected chi connectivity index (χ4v) is 3.70. The van der Waals surface area contributed by atoms with Crippen LogP contribution in [0.15, 0.2) is 58.6 Å². The van der Waals surface area contributed by atoms with Crippen molar-refractivity contribution < 1.29 is 14.5 Å². The molecule has 0 bridgehead atoms. The topological polar surface area (TPSA) is 133 Å². The quantitative estimate of drug-likeness (QED) is 0.407. The summed E-state index contributed by atoms with van der Waals surface area (Å²) in [7, 11) is 1.58. The van der Waals surface area contributed by atoms with Crippen molar-refractivity contribution in [2.75, 3.05) is 7.05 Å². The van der Waals surface area contributed by atoms with Gasteiger partial charge in [0.15, 0.2) is 12.2 Å². The molecule has 2 aliphatic rings. The summed E-state index contributed by atoms with van der Waals surface area (Å²) < 4.78 is 0. The lowest BCUT2D eigenvalue weighted by Crippen LogP contribution is -2.63. The van der Waals surface area contributed by atoms with Crippen LogP contribution in [0.5, 0.6) is 0 Å². The van der Waals surface area contributed by atoms with E-state index in [0.717, 1.165) is 11.1 Å². The first-order valence-corrected chi connectivity index (χ1v) is 10.3. The summed E-state index contributed by atoms with van der Waals surface area (Å²) in [6, 6.07) is 12.7. The van der Waals surface area contributed by atoms with Gasteiger partial charge in [0.1, 0.15) is 0 Å². The molecule has 0 saturated carbocycles. The number of aryl methyl sites for hydroxylation is 1. The molecule has 3 amide bonds. The third-order valence-electron chi connectivity index (χ3n) is 5.65. The van der Waals surface area contributed by atoms with E-state index in [9.17, 15) is 19.7 Å². The van der Waals surface area contributed by atoms with Gasteiger partial charge in [-0.3, -0.25) is 20.2 Å². The highest BCUT2D eigenvalue weighted by Gasteiger charge is 2.48. The zero-order valence-corrected chi connectivity index (χ0v) is 18.3. The number of urea groups is 1. The Morgan fingerprint density at radius 1 is 1.18 bits per heavy atom. The summed E-state index contributed by atoms with van der Waals surface area (Å²) in [6.45, 7) is 4.13. The lowest BCUT2D eigenvalue weighted by atomic mass is 10.1. The zero-order chi connectivity index (χ0) is 23.7. The van der Waals surface area contributed by atoms with Crippen LogP contribution in [0.3, 0.4) is 0 Å². The standard InChI is InChI=1S/C22H23N7O4/c1-13-4-6-15(7-5-13)12-28-18-19(27(3)22(31)24-20(18)30)23-21(28)26-25-14(2)16-8-10-17(11-9-16)29(32)33/h4-11,18-19H,12H2,1-3H3,(H,23,26)(H,24,30,31)/b25-14-. The van der Waals surface area contributed by atoms with Gasteiger partial charge in [-0.05, 0) is 37.1 Å². The predicted molar refractivity (Wildman–Crippen MR) is 121 cm³/mol. The minimum atomic E-state index is -0.702. The number of amides is 3. The molecule has 2 aromatic rings. The van der Waals surface area contributed by atoms with E-state index in [-0.39, 0.29) is 5.69 Å². The van der Waals surface area contributed by atoms with E-state index >= 15 is 0 Å². The first kappa shape index (κ1) is 21.9. The number of nitrogens with one attached hydrogen (secondary N) is 2. The van der Waals surface area contributed by atoms with Gasteiger partial charge >= 0.3 is 6.03 Å². The maximum atomic E-state index is 12.7. The highest BCUT2D eigenvalue weighted by Crippen LogP contribution is 2.25. The minimum absolute atomic E-state index is 0.00765. The number of hydrogen-bond acceptors (Lipinski definition) is 8. The number of likely N-dealkylation sites (N-methyl/N-ethyl adjacent to an activating group) is 1. The van der Waals surface area contributed by atoms with E-state index in [1.807, 2.05) is 31.2 Å². The molecule has 2 aromatic carbocycles. The molecule has 11 heteroatoms. The molecular formula is C22H23N7O4. The summed E-state index contributed by atoms with van der Waals surface area (Å²) in [5, 5.41) is 17.6. The van der Waals surface area contributed by atoms with Crippen LogP contribution in [-0.2, 0) is 11.3 Å². The van der Waals surface area contributed by atoms with Gasteiger partial charge in [0.05, 0.1) is 10.6 Å². The molecule has 0 aromatic heterocycles. The van der Waals surface area contributed by atoms with Crippen molar-refractivity contribution >= 4 is 29.3 Å². The maximum absolute atomic E-state index is 12.7. The van der Waals surface area contributed by atoms with Crippen molar-refractivity contribution in [2.24, 2.45) is 10.1 Å². The summed E-state index contributed by atoms with van der Waals surface area (Å²) in [4.78, 5) is 42.9. The Kier molecular flexibility index (Phi) is 5.78. The van der Waals surface area contributed by atoms with Crippen LogP contribution in [0.2, 0.25) is 0 Å². The average molecular weight is 449 g/mol. The molecule has 2 heterocycles. The van der Waals surface area contributed by atoms with Crippen LogP contribution >= 0.6 is 0 Å². The van der Waals surface area contributed by atoms with Crippen molar-refractivity contribution in [3.63, 3.8) is 0 Å². The number of guanidine groups is 1. The van der Waals surface area contributed by atoms with Crippen molar-refractivity contribution in [3.05, 3.63) is 75.3 Å². The van der Waals surface area contributed by atoms with E-state index in [4.69, 9.17) is 0 Å². The van der Waals surface area contributed by atoms with Crippen molar-refractivity contribution in [1.29, 1.82) is 0 Å². The molecule has 1 fully saturated rings. The number of aliphatic imine (C=N–C) groups is 1. The molecule has 170 valence electrons. The molecule has 2 N–H and O–H groups in total. The number of fused-ring (bicyclic) bond motifs is 1. The SMILES string of the molecule is C/C(=N/NC1=NC2C(C(=O)NC(=O)N2C)N1Cc1ccc(C)cc1)c1ccc([N+](=O)[O-])cc1. The van der Waals surface area contributed by atoms with E-state index in [1.54, 1.807) is 31.0 Å². The second-order valence-corrected chi connectivity index (χ2v) is 7.94. The van der Waals surface area contributed by atoms with Gasteiger partial charge in [-0.25, -0.2) is 15.2 Å². The van der Waals surface area contributed by atoms with E-state index in [0.29, 0.717) is 23.8 Å². The molecular weight excluding hydrogens is 426 g/mol. The first-order chi connectivity index (χ1) is 15.7. The fraction of sp³-hybridized carbons (Fsp3) is 0.273. The molecule has 33 heavy (non-hydrogen) atoms. The number of non-ortho nitro benzene ring substituents is 1. The first-order valence-electron chi connectivity index (χ1n) is 10.3. The third-order valence-corrected chi connectivity index (χ3v) is 5.65. The number of nitro groups is 1. The molecule has 2 atom stereocenters. The molecule has 4 rings (SSSR count). The van der Waals surface area contributed by atoms with Crippen LogP contribution in [0, 0.1) is 17.0 Å². The van der Waals surface area contributed by atoms with Gasteiger partial charge in [0.2, 0.25) is 5.96 Å². The van der Waals surface area contributed by atoms with Gasteiger partial charge in [-0.15, -0.1) is 0 Å². The second-order valence-electron chi connectivity index (χ2n) is 7.94. The number of carbonyl (C=O) groups excluding carboxylic acids is 2. The predicted octanol–water partition coefficient (Wildman–Crippen LogP) is 1.96. The smallest absolute Gasteiger partial charge is 0.321 e. The van der Waals surface area contributed by atoms with Crippen LogP contribution in [0.1, 0.15) is 23.6 Å². The number of hydrogen-bond donors (Lipinski definition) is 2. The van der Waals surface area contributed by atoms with Crippen molar-refractivity contribution in [2.45, 2.75) is 32.6 Å². The summed E-state index contributed by atoms with van der Waals surface area (Å²) >= 11 is 0. The molecule has 0 spiro atoms. The molecule has 0 radical (unpaired) electrons. The number of imide groups is 1. The summed E-state index contributed by atoms with van der Waals surface area (Å²) in [5.41, 5.74) is 6.28. The minimum Gasteiger partial charge on any atom is -0.321 e. The van der Waals surface area contributed by atoms with E-state index in [1.165, 1.54) is 17.0 Å². The Labute approximate surface area is 189 Å². The molecule has 0 aliphatic carbocycles. The largest absolute Gasteiger partial charge is 0.325 e. The average Bonchev–Trinajstić information content (AvgIpc) is 3.16. The second kappa shape index (κ2) is 8.69. The monoisotopic (exact) mass is 449 g/mol. The van der Waals surface area contributed by atoms with Gasteiger partial charge in [0.25, 0.3) is 11.6 Å².